The van der Waals surface area contributed by atoms with Crippen LogP contribution in [-0.2, 0) is 9.53 Å². The molecule has 1 aliphatic rings. The Morgan fingerprint density at radius 1 is 1.46 bits per heavy atom. The lowest BCUT2D eigenvalue weighted by atomic mass is 9.81. The van der Waals surface area contributed by atoms with E-state index in [1.54, 1.807) is 26.2 Å². The van der Waals surface area contributed by atoms with Crippen LogP contribution in [0.1, 0.15) is 18.4 Å². The van der Waals surface area contributed by atoms with Crippen LogP contribution in [0.2, 0.25) is 0 Å². The summed E-state index contributed by atoms with van der Waals surface area (Å²) >= 11 is 5.30. The summed E-state index contributed by atoms with van der Waals surface area (Å²) in [6.07, 6.45) is 1.50. The van der Waals surface area contributed by atoms with E-state index in [0.717, 1.165) is 5.56 Å². The molecule has 1 heterocycles. The van der Waals surface area contributed by atoms with E-state index in [-0.39, 0.29) is 6.61 Å². The third-order valence-corrected chi connectivity index (χ3v) is 3.98. The Bertz CT molecular complexity index is 759. The number of ether oxygens (including phenoxy) is 2. The molecular formula is C18H18N2O3S. The third kappa shape index (κ3) is 3.45. The minimum atomic E-state index is -0.514. The van der Waals surface area contributed by atoms with Crippen LogP contribution in [0.15, 0.2) is 53.8 Å². The number of carbonyl (C=O) groups is 1. The first-order chi connectivity index (χ1) is 11.5. The van der Waals surface area contributed by atoms with E-state index in [1.807, 2.05) is 12.1 Å². The normalized spacial score (nSPS) is 17.0. The van der Waals surface area contributed by atoms with Gasteiger partial charge in [0.2, 0.25) is 0 Å². The van der Waals surface area contributed by atoms with Crippen molar-refractivity contribution in [2.45, 2.75) is 12.8 Å². The predicted molar refractivity (Wildman–Crippen MR) is 96.6 cm³/mol. The van der Waals surface area contributed by atoms with Gasteiger partial charge in [-0.15, -0.1) is 0 Å². The number of rotatable bonds is 5. The fourth-order valence-corrected chi connectivity index (χ4v) is 2.86. The second kappa shape index (κ2) is 7.73. The van der Waals surface area contributed by atoms with Gasteiger partial charge in [-0.25, -0.2) is 4.79 Å². The Balaban J connectivity index is 2.55. The maximum atomic E-state index is 12.5. The molecule has 0 saturated carbocycles. The van der Waals surface area contributed by atoms with Gasteiger partial charge in [-0.2, -0.15) is 0 Å². The Labute approximate surface area is 146 Å². The van der Waals surface area contributed by atoms with E-state index in [0.29, 0.717) is 27.6 Å². The average molecular weight is 342 g/mol. The molecule has 124 valence electrons. The molecule has 1 aromatic carbocycles. The average Bonchev–Trinajstić information content (AvgIpc) is 2.59. The van der Waals surface area contributed by atoms with Gasteiger partial charge in [0.05, 0.1) is 24.2 Å². The third-order valence-electron chi connectivity index (χ3n) is 3.66. The quantitative estimate of drug-likeness (QED) is 0.283. The molecule has 2 N–H and O–H groups in total. The van der Waals surface area contributed by atoms with E-state index >= 15 is 0 Å². The summed E-state index contributed by atoms with van der Waals surface area (Å²) in [5.74, 6) is 2.07. The molecule has 0 saturated heterocycles. The summed E-state index contributed by atoms with van der Waals surface area (Å²) in [7, 11) is 1.58. The second-order valence-electron chi connectivity index (χ2n) is 5.12. The van der Waals surface area contributed by atoms with Gasteiger partial charge in [0.15, 0.2) is 0 Å². The molecule has 1 atom stereocenters. The number of thiocarbonyl (C=S) groups is 1. The van der Waals surface area contributed by atoms with Gasteiger partial charge in [-0.1, -0.05) is 37.0 Å². The summed E-state index contributed by atoms with van der Waals surface area (Å²) in [6, 6.07) is 7.26. The summed E-state index contributed by atoms with van der Waals surface area (Å²) in [5.41, 5.74) is 2.24. The lowest BCUT2D eigenvalue weighted by Gasteiger charge is -2.29. The largest absolute Gasteiger partial charge is 0.497 e. The van der Waals surface area contributed by atoms with Crippen molar-refractivity contribution in [3.05, 3.63) is 59.3 Å². The van der Waals surface area contributed by atoms with Gasteiger partial charge < -0.3 is 14.8 Å². The van der Waals surface area contributed by atoms with Gasteiger partial charge in [0, 0.05) is 5.70 Å². The van der Waals surface area contributed by atoms with E-state index in [9.17, 15) is 4.79 Å². The van der Waals surface area contributed by atoms with Gasteiger partial charge in [0.25, 0.3) is 0 Å². The fraction of sp³-hybridized carbons (Fsp3) is 0.222. The molecule has 0 amide bonds. The summed E-state index contributed by atoms with van der Waals surface area (Å²) in [4.78, 5) is 12.9. The van der Waals surface area contributed by atoms with E-state index in [1.165, 1.54) is 6.08 Å². The van der Waals surface area contributed by atoms with Crippen LogP contribution in [-0.4, -0.2) is 30.5 Å². The van der Waals surface area contributed by atoms with E-state index in [4.69, 9.17) is 27.1 Å². The maximum Gasteiger partial charge on any atom is 0.337 e. The van der Waals surface area contributed by atoms with Gasteiger partial charge in [-0.05, 0) is 30.5 Å². The Morgan fingerprint density at radius 3 is 2.67 bits per heavy atom. The molecule has 0 fully saturated rings. The zero-order valence-corrected chi connectivity index (χ0v) is 14.3. The van der Waals surface area contributed by atoms with Crippen molar-refractivity contribution in [3.8, 4) is 5.75 Å². The number of hydrogen-bond acceptors (Lipinski definition) is 5. The molecule has 2 rings (SSSR count). The van der Waals surface area contributed by atoms with E-state index < -0.39 is 11.9 Å². The van der Waals surface area contributed by atoms with Gasteiger partial charge >= 0.3 is 5.97 Å². The van der Waals surface area contributed by atoms with Crippen molar-refractivity contribution in [1.29, 1.82) is 5.41 Å². The first-order valence-corrected chi connectivity index (χ1v) is 7.68. The summed E-state index contributed by atoms with van der Waals surface area (Å²) < 4.78 is 10.4. The lowest BCUT2D eigenvalue weighted by Crippen LogP contribution is -2.35. The van der Waals surface area contributed by atoms with Crippen molar-refractivity contribution in [2.75, 3.05) is 13.7 Å². The number of nitrogens with one attached hydrogen (secondary N) is 2. The van der Waals surface area contributed by atoms with E-state index in [2.05, 4.69) is 17.8 Å². The standard InChI is InChI=1S/C18H18N2O3S/c1-4-9-23-18(21)15-11(2)20-17(24)14(10-19)16(15)12-5-7-13(22-3)8-6-12/h4-8,16,19H,1,9H2,2-3H3,(H,20,24). The molecule has 1 unspecified atom stereocenters. The van der Waals surface area contributed by atoms with Gasteiger partial charge in [-0.3, -0.25) is 5.41 Å². The SMILES string of the molecule is C=CCOC(=O)C1=C(C)NC(=S)C(=C=N)C1c1ccc(OC)cc1. The molecule has 6 heteroatoms. The molecule has 0 aliphatic carbocycles. The summed E-state index contributed by atoms with van der Waals surface area (Å²) in [5, 5.41) is 10.5. The topological polar surface area (TPSA) is 71.4 Å². The molecular weight excluding hydrogens is 324 g/mol. The van der Waals surface area contributed by atoms with Crippen LogP contribution < -0.4 is 10.1 Å². The van der Waals surface area contributed by atoms with Crippen LogP contribution in [0, 0.1) is 5.41 Å². The highest BCUT2D eigenvalue weighted by molar-refractivity contribution is 7.80. The minimum Gasteiger partial charge on any atom is -0.497 e. The maximum absolute atomic E-state index is 12.5. The van der Waals surface area contributed by atoms with Crippen molar-refractivity contribution in [1.82, 2.24) is 5.32 Å². The number of hydrogen-bond donors (Lipinski definition) is 2. The highest BCUT2D eigenvalue weighted by Crippen LogP contribution is 2.37. The second-order valence-corrected chi connectivity index (χ2v) is 5.53. The predicted octanol–water partition coefficient (Wildman–Crippen LogP) is 2.89. The number of methoxy groups -OCH3 is 1. The van der Waals surface area contributed by atoms with Crippen LogP contribution in [0.25, 0.3) is 0 Å². The fourth-order valence-electron chi connectivity index (χ4n) is 2.54. The zero-order chi connectivity index (χ0) is 17.7. The molecule has 0 radical (unpaired) electrons. The smallest absolute Gasteiger partial charge is 0.337 e. The Morgan fingerprint density at radius 2 is 2.12 bits per heavy atom. The zero-order valence-electron chi connectivity index (χ0n) is 13.5. The molecule has 0 bridgehead atoms. The highest BCUT2D eigenvalue weighted by atomic mass is 32.1. The van der Waals surface area contributed by atoms with Crippen LogP contribution in [0.3, 0.4) is 0 Å². The number of allylic oxidation sites excluding steroid dienone is 1. The first kappa shape index (κ1) is 17.7. The monoisotopic (exact) mass is 342 g/mol. The van der Waals surface area contributed by atoms with Crippen molar-refractivity contribution in [3.63, 3.8) is 0 Å². The number of benzene rings is 1. The van der Waals surface area contributed by atoms with Crippen LogP contribution in [0.5, 0.6) is 5.75 Å². The van der Waals surface area contributed by atoms with Crippen LogP contribution >= 0.6 is 12.2 Å². The molecule has 1 aliphatic heterocycles. The van der Waals surface area contributed by atoms with Crippen molar-refractivity contribution in [2.24, 2.45) is 0 Å². The lowest BCUT2D eigenvalue weighted by molar-refractivity contribution is -0.138. The number of esters is 1. The van der Waals surface area contributed by atoms with Crippen molar-refractivity contribution >= 4 is 29.0 Å². The number of carbonyl (C=O) groups excluding carboxylic acids is 1. The molecule has 5 nitrogen and oxygen atoms in total. The van der Waals surface area contributed by atoms with Crippen LogP contribution in [0.4, 0.5) is 0 Å². The summed E-state index contributed by atoms with van der Waals surface area (Å²) in [6.45, 7) is 5.41. The van der Waals surface area contributed by atoms with Crippen molar-refractivity contribution < 1.29 is 14.3 Å². The Hall–Kier alpha value is -2.69. The first-order valence-electron chi connectivity index (χ1n) is 7.27. The van der Waals surface area contributed by atoms with Gasteiger partial charge in [0.1, 0.15) is 17.3 Å². The highest BCUT2D eigenvalue weighted by Gasteiger charge is 2.35. The molecule has 0 spiro atoms. The molecule has 24 heavy (non-hydrogen) atoms. The minimum absolute atomic E-state index is 0.110. The molecule has 1 aromatic rings. The molecule has 0 aromatic heterocycles. The Kier molecular flexibility index (Phi) is 5.68.